The van der Waals surface area contributed by atoms with Gasteiger partial charge in [-0.15, -0.1) is 0 Å². The van der Waals surface area contributed by atoms with Crippen molar-refractivity contribution in [1.29, 1.82) is 0 Å². The van der Waals surface area contributed by atoms with Crippen LogP contribution < -0.4 is 11.1 Å². The second-order valence-corrected chi connectivity index (χ2v) is 5.14. The molecule has 5 heteroatoms. The molecule has 108 valence electrons. The summed E-state index contributed by atoms with van der Waals surface area (Å²) in [4.78, 5) is 12.5. The van der Waals surface area contributed by atoms with Crippen LogP contribution in [0.15, 0.2) is 42.5 Å². The van der Waals surface area contributed by atoms with E-state index >= 15 is 0 Å². The maximum absolute atomic E-state index is 12.1. The van der Waals surface area contributed by atoms with E-state index in [1.165, 1.54) is 0 Å². The molecule has 0 aromatic heterocycles. The number of nitrogens with two attached hydrogens (primary N) is 1. The van der Waals surface area contributed by atoms with Crippen molar-refractivity contribution in [2.45, 2.75) is 13.5 Å². The van der Waals surface area contributed by atoms with E-state index in [1.807, 2.05) is 24.3 Å². The van der Waals surface area contributed by atoms with Gasteiger partial charge in [0, 0.05) is 23.2 Å². The number of carbonyl (C=O) groups is 1. The molecule has 0 radical (unpaired) electrons. The molecule has 0 bridgehead atoms. The fraction of sp³-hybridized carbons (Fsp3) is 0.125. The van der Waals surface area contributed by atoms with Gasteiger partial charge < -0.3 is 16.2 Å². The third-order valence-electron chi connectivity index (χ3n) is 3.21. The zero-order chi connectivity index (χ0) is 15.4. The van der Waals surface area contributed by atoms with Crippen LogP contribution in [0.5, 0.6) is 5.75 Å². The minimum atomic E-state index is -0.232. The summed E-state index contributed by atoms with van der Waals surface area (Å²) in [5, 5.41) is 12.4. The van der Waals surface area contributed by atoms with Crippen molar-refractivity contribution in [1.82, 2.24) is 5.32 Å². The van der Waals surface area contributed by atoms with Crippen LogP contribution in [0.2, 0.25) is 0 Å². The molecule has 4 N–H and O–H groups in total. The molecule has 0 heterocycles. The van der Waals surface area contributed by atoms with Gasteiger partial charge >= 0.3 is 0 Å². The van der Waals surface area contributed by atoms with Crippen LogP contribution in [0.4, 0.5) is 0 Å². The van der Waals surface area contributed by atoms with E-state index in [1.54, 1.807) is 25.1 Å². The van der Waals surface area contributed by atoms with Crippen molar-refractivity contribution >= 4 is 23.1 Å². The Balaban J connectivity index is 2.09. The molecule has 0 saturated heterocycles. The summed E-state index contributed by atoms with van der Waals surface area (Å²) < 4.78 is 0. The lowest BCUT2D eigenvalue weighted by molar-refractivity contribution is 0.0950. The first kappa shape index (κ1) is 15.0. The predicted molar refractivity (Wildman–Crippen MR) is 86.3 cm³/mol. The summed E-state index contributed by atoms with van der Waals surface area (Å²) in [5.74, 6) is -0.123. The van der Waals surface area contributed by atoms with Crippen molar-refractivity contribution < 1.29 is 9.90 Å². The van der Waals surface area contributed by atoms with Crippen molar-refractivity contribution in [3.63, 3.8) is 0 Å². The fourth-order valence-corrected chi connectivity index (χ4v) is 2.11. The van der Waals surface area contributed by atoms with Crippen LogP contribution in [-0.2, 0) is 6.54 Å². The van der Waals surface area contributed by atoms with Gasteiger partial charge in [0.25, 0.3) is 5.91 Å². The molecule has 2 rings (SSSR count). The van der Waals surface area contributed by atoms with Crippen molar-refractivity contribution in [3.8, 4) is 5.75 Å². The summed E-state index contributed by atoms with van der Waals surface area (Å²) in [6.45, 7) is 2.07. The third-order valence-corrected chi connectivity index (χ3v) is 3.45. The first-order valence-corrected chi connectivity index (χ1v) is 6.85. The Morgan fingerprint density at radius 2 is 2.00 bits per heavy atom. The molecule has 0 fully saturated rings. The Bertz CT molecular complexity index is 698. The Morgan fingerprint density at radius 3 is 2.71 bits per heavy atom. The number of aromatic hydroxyl groups is 1. The second-order valence-electron chi connectivity index (χ2n) is 4.70. The zero-order valence-corrected chi connectivity index (χ0v) is 12.4. The molecule has 0 saturated carbocycles. The predicted octanol–water partition coefficient (Wildman–Crippen LogP) is 2.26. The first-order chi connectivity index (χ1) is 9.99. The normalized spacial score (nSPS) is 10.1. The highest BCUT2D eigenvalue weighted by Gasteiger charge is 2.11. The summed E-state index contributed by atoms with van der Waals surface area (Å²) in [6, 6.07) is 12.3. The van der Waals surface area contributed by atoms with E-state index in [0.717, 1.165) is 11.1 Å². The quantitative estimate of drug-likeness (QED) is 0.757. The molecule has 0 unspecified atom stereocenters. The van der Waals surface area contributed by atoms with Gasteiger partial charge in [0.05, 0.1) is 0 Å². The Labute approximate surface area is 128 Å². The lowest BCUT2D eigenvalue weighted by Gasteiger charge is -2.09. The molecule has 0 aliphatic heterocycles. The Hall–Kier alpha value is -2.40. The van der Waals surface area contributed by atoms with Crippen LogP contribution in [0.1, 0.15) is 27.0 Å². The average Bonchev–Trinajstić information content (AvgIpc) is 2.48. The molecule has 4 nitrogen and oxygen atoms in total. The lowest BCUT2D eigenvalue weighted by Crippen LogP contribution is -2.23. The number of nitrogens with one attached hydrogen (secondary N) is 1. The van der Waals surface area contributed by atoms with Crippen LogP contribution in [-0.4, -0.2) is 16.0 Å². The zero-order valence-electron chi connectivity index (χ0n) is 11.6. The van der Waals surface area contributed by atoms with E-state index < -0.39 is 0 Å². The standard InChI is InChI=1S/C16H16N2O2S/c1-10-13(6-3-7-14(10)19)16(20)18-9-11-4-2-5-12(8-11)15(17)21/h2-8,19H,9H2,1H3,(H2,17,21)(H,18,20). The topological polar surface area (TPSA) is 75.3 Å². The first-order valence-electron chi connectivity index (χ1n) is 6.44. The third kappa shape index (κ3) is 3.58. The highest BCUT2D eigenvalue weighted by Crippen LogP contribution is 2.19. The van der Waals surface area contributed by atoms with E-state index in [9.17, 15) is 9.90 Å². The molecule has 0 atom stereocenters. The summed E-state index contributed by atoms with van der Waals surface area (Å²) >= 11 is 4.93. The molecule has 1 amide bonds. The summed E-state index contributed by atoms with van der Waals surface area (Å²) in [6.07, 6.45) is 0. The van der Waals surface area contributed by atoms with Gasteiger partial charge in [0.15, 0.2) is 0 Å². The number of carbonyl (C=O) groups excluding carboxylic acids is 1. The monoisotopic (exact) mass is 300 g/mol. The molecule has 0 spiro atoms. The van der Waals surface area contributed by atoms with E-state index in [2.05, 4.69) is 5.32 Å². The number of rotatable bonds is 4. The minimum absolute atomic E-state index is 0.109. The average molecular weight is 300 g/mol. The molecule has 21 heavy (non-hydrogen) atoms. The van der Waals surface area contributed by atoms with Gasteiger partial charge in [0.1, 0.15) is 10.7 Å². The number of hydrogen-bond donors (Lipinski definition) is 3. The highest BCUT2D eigenvalue weighted by atomic mass is 32.1. The van der Waals surface area contributed by atoms with Crippen LogP contribution in [0.3, 0.4) is 0 Å². The van der Waals surface area contributed by atoms with E-state index in [0.29, 0.717) is 22.7 Å². The minimum Gasteiger partial charge on any atom is -0.508 e. The molecule has 0 aliphatic rings. The van der Waals surface area contributed by atoms with Gasteiger partial charge in [-0.3, -0.25) is 4.79 Å². The Kier molecular flexibility index (Phi) is 4.55. The number of phenols is 1. The van der Waals surface area contributed by atoms with Gasteiger partial charge in [-0.05, 0) is 30.7 Å². The molecule has 0 aliphatic carbocycles. The number of thiocarbonyl (C=S) groups is 1. The maximum Gasteiger partial charge on any atom is 0.251 e. The highest BCUT2D eigenvalue weighted by molar-refractivity contribution is 7.80. The number of phenolic OH excluding ortho intramolecular Hbond substituents is 1. The largest absolute Gasteiger partial charge is 0.508 e. The number of amides is 1. The van der Waals surface area contributed by atoms with Gasteiger partial charge in [-0.25, -0.2) is 0 Å². The van der Waals surface area contributed by atoms with E-state index in [-0.39, 0.29) is 11.7 Å². The number of hydrogen-bond acceptors (Lipinski definition) is 3. The summed E-state index contributed by atoms with van der Waals surface area (Å²) in [7, 11) is 0. The SMILES string of the molecule is Cc1c(O)cccc1C(=O)NCc1cccc(C(N)=S)c1. The molecule has 2 aromatic rings. The molecular weight excluding hydrogens is 284 g/mol. The molecular formula is C16H16N2O2S. The van der Waals surface area contributed by atoms with E-state index in [4.69, 9.17) is 18.0 Å². The lowest BCUT2D eigenvalue weighted by atomic mass is 10.1. The van der Waals surface area contributed by atoms with Gasteiger partial charge in [-0.2, -0.15) is 0 Å². The maximum atomic E-state index is 12.1. The Morgan fingerprint density at radius 1 is 1.29 bits per heavy atom. The van der Waals surface area contributed by atoms with Crippen molar-refractivity contribution in [3.05, 3.63) is 64.7 Å². The smallest absolute Gasteiger partial charge is 0.251 e. The second kappa shape index (κ2) is 6.37. The fourth-order valence-electron chi connectivity index (χ4n) is 1.98. The van der Waals surface area contributed by atoms with Crippen molar-refractivity contribution in [2.75, 3.05) is 0 Å². The van der Waals surface area contributed by atoms with Crippen LogP contribution in [0, 0.1) is 6.92 Å². The number of benzene rings is 2. The van der Waals surface area contributed by atoms with Crippen molar-refractivity contribution in [2.24, 2.45) is 5.73 Å². The van der Waals surface area contributed by atoms with Crippen LogP contribution >= 0.6 is 12.2 Å². The molecule has 2 aromatic carbocycles. The van der Waals surface area contributed by atoms with Crippen LogP contribution in [0.25, 0.3) is 0 Å². The van der Waals surface area contributed by atoms with Gasteiger partial charge in [0.2, 0.25) is 0 Å². The van der Waals surface area contributed by atoms with Gasteiger partial charge in [-0.1, -0.05) is 36.5 Å². The summed E-state index contributed by atoms with van der Waals surface area (Å²) in [5.41, 5.74) is 8.28.